The molecule has 58 valence electrons. The van der Waals surface area contributed by atoms with Crippen LogP contribution in [-0.4, -0.2) is 20.1 Å². The van der Waals surface area contributed by atoms with Gasteiger partial charge < -0.3 is 15.8 Å². The molecule has 0 atom stereocenters. The van der Waals surface area contributed by atoms with Crippen LogP contribution in [0.5, 0.6) is 0 Å². The van der Waals surface area contributed by atoms with Crippen LogP contribution < -0.4 is 11.1 Å². The molecule has 0 radical (unpaired) electrons. The third-order valence-corrected chi connectivity index (χ3v) is 1.03. The highest BCUT2D eigenvalue weighted by Crippen LogP contribution is 1.94. The predicted molar refractivity (Wildman–Crippen MR) is 38.0 cm³/mol. The van der Waals surface area contributed by atoms with Gasteiger partial charge in [0.25, 0.3) is 0 Å². The number of methoxy groups -OCH3 is 1. The van der Waals surface area contributed by atoms with Crippen molar-refractivity contribution in [3.63, 3.8) is 0 Å². The molecule has 0 unspecified atom stereocenters. The molecule has 0 aromatic rings. The van der Waals surface area contributed by atoms with Crippen molar-refractivity contribution in [2.24, 2.45) is 5.73 Å². The monoisotopic (exact) mass is 144 g/mol. The number of likely N-dealkylation sites (N-methyl/N-ethyl adjacent to an activating group) is 1. The van der Waals surface area contributed by atoms with Crippen molar-refractivity contribution in [3.05, 3.63) is 11.4 Å². The molecular weight excluding hydrogens is 132 g/mol. The van der Waals surface area contributed by atoms with E-state index in [9.17, 15) is 4.79 Å². The second-order valence-electron chi connectivity index (χ2n) is 1.80. The van der Waals surface area contributed by atoms with Crippen LogP contribution in [0.4, 0.5) is 0 Å². The molecule has 3 N–H and O–H groups in total. The fourth-order valence-corrected chi connectivity index (χ4v) is 0.562. The zero-order valence-corrected chi connectivity index (χ0v) is 6.39. The van der Waals surface area contributed by atoms with Gasteiger partial charge in [-0.25, -0.2) is 4.79 Å². The lowest BCUT2D eigenvalue weighted by Crippen LogP contribution is -2.21. The summed E-state index contributed by atoms with van der Waals surface area (Å²) in [4.78, 5) is 10.8. The van der Waals surface area contributed by atoms with E-state index in [2.05, 4.69) is 10.1 Å². The number of hydrogen-bond donors (Lipinski definition) is 2. The van der Waals surface area contributed by atoms with Gasteiger partial charge in [-0.15, -0.1) is 0 Å². The molecule has 0 aliphatic rings. The molecule has 0 fully saturated rings. The number of esters is 1. The first kappa shape index (κ1) is 8.81. The highest BCUT2D eigenvalue weighted by atomic mass is 16.5. The summed E-state index contributed by atoms with van der Waals surface area (Å²) in [5, 5.41) is 2.63. The lowest BCUT2D eigenvalue weighted by Gasteiger charge is -2.04. The summed E-state index contributed by atoms with van der Waals surface area (Å²) in [6, 6.07) is 0. The lowest BCUT2D eigenvalue weighted by molar-refractivity contribution is -0.136. The van der Waals surface area contributed by atoms with Gasteiger partial charge in [-0.2, -0.15) is 0 Å². The van der Waals surface area contributed by atoms with Crippen molar-refractivity contribution in [1.82, 2.24) is 5.32 Å². The quantitative estimate of drug-likeness (QED) is 0.407. The van der Waals surface area contributed by atoms with Crippen LogP contribution in [0.2, 0.25) is 0 Å². The third-order valence-electron chi connectivity index (χ3n) is 1.03. The van der Waals surface area contributed by atoms with E-state index in [0.717, 1.165) is 0 Å². The van der Waals surface area contributed by atoms with E-state index in [0.29, 0.717) is 11.4 Å². The number of hydrogen-bond acceptors (Lipinski definition) is 4. The fourth-order valence-electron chi connectivity index (χ4n) is 0.562. The van der Waals surface area contributed by atoms with E-state index >= 15 is 0 Å². The molecule has 0 rings (SSSR count). The number of nitrogens with one attached hydrogen (secondary N) is 1. The Bertz CT molecular complexity index is 159. The molecule has 0 amide bonds. The Morgan fingerprint density at radius 3 is 2.20 bits per heavy atom. The second-order valence-corrected chi connectivity index (χ2v) is 1.80. The molecule has 0 aliphatic carbocycles. The largest absolute Gasteiger partial charge is 0.464 e. The highest BCUT2D eigenvalue weighted by molar-refractivity contribution is 5.88. The Morgan fingerprint density at radius 2 is 2.10 bits per heavy atom. The lowest BCUT2D eigenvalue weighted by atomic mass is 10.3. The van der Waals surface area contributed by atoms with E-state index < -0.39 is 5.97 Å². The zero-order valence-electron chi connectivity index (χ0n) is 6.39. The number of ether oxygens (including phenoxy) is 1. The van der Waals surface area contributed by atoms with Crippen LogP contribution in [0.1, 0.15) is 6.92 Å². The number of allylic oxidation sites excluding steroid dienone is 1. The molecular formula is C6H12N2O2. The number of nitrogens with two attached hydrogens (primary N) is 1. The van der Waals surface area contributed by atoms with Gasteiger partial charge in [0.05, 0.1) is 7.11 Å². The van der Waals surface area contributed by atoms with E-state index in [1.807, 2.05) is 0 Å². The summed E-state index contributed by atoms with van der Waals surface area (Å²) in [5.74, 6) is -0.442. The molecule has 4 nitrogen and oxygen atoms in total. The van der Waals surface area contributed by atoms with Crippen molar-refractivity contribution in [3.8, 4) is 0 Å². The summed E-state index contributed by atoms with van der Waals surface area (Å²) in [5.41, 5.74) is 6.07. The van der Waals surface area contributed by atoms with Crippen LogP contribution in [0.15, 0.2) is 11.4 Å². The van der Waals surface area contributed by atoms with E-state index in [-0.39, 0.29) is 0 Å². The van der Waals surface area contributed by atoms with Crippen LogP contribution in [0, 0.1) is 0 Å². The summed E-state index contributed by atoms with van der Waals surface area (Å²) in [7, 11) is 2.92. The SMILES string of the molecule is CN/C(C(=O)OC)=C(\C)N. The smallest absolute Gasteiger partial charge is 0.355 e. The van der Waals surface area contributed by atoms with Gasteiger partial charge in [-0.05, 0) is 6.92 Å². The third kappa shape index (κ3) is 1.97. The standard InChI is InChI=1S/C6H12N2O2/c1-4(7)5(8-2)6(9)10-3/h8H,7H2,1-3H3/b5-4+. The molecule has 4 heteroatoms. The Morgan fingerprint density at radius 1 is 1.60 bits per heavy atom. The summed E-state index contributed by atoms with van der Waals surface area (Å²) in [6.07, 6.45) is 0. The zero-order chi connectivity index (χ0) is 8.15. The maximum atomic E-state index is 10.8. The van der Waals surface area contributed by atoms with Gasteiger partial charge in [0.15, 0.2) is 0 Å². The minimum Gasteiger partial charge on any atom is -0.464 e. The van der Waals surface area contributed by atoms with Crippen LogP contribution in [0.3, 0.4) is 0 Å². The van der Waals surface area contributed by atoms with Crippen molar-refractivity contribution in [2.45, 2.75) is 6.92 Å². The summed E-state index contributed by atoms with van der Waals surface area (Å²) in [6.45, 7) is 1.63. The van der Waals surface area contributed by atoms with Gasteiger partial charge in [0.1, 0.15) is 5.70 Å². The summed E-state index contributed by atoms with van der Waals surface area (Å²) >= 11 is 0. The first-order chi connectivity index (χ1) is 4.63. The van der Waals surface area contributed by atoms with Gasteiger partial charge in [-0.1, -0.05) is 0 Å². The first-order valence-electron chi connectivity index (χ1n) is 2.86. The Labute approximate surface area is 60.0 Å². The van der Waals surface area contributed by atoms with Crippen molar-refractivity contribution >= 4 is 5.97 Å². The van der Waals surface area contributed by atoms with E-state index in [4.69, 9.17) is 5.73 Å². The molecule has 10 heavy (non-hydrogen) atoms. The van der Waals surface area contributed by atoms with E-state index in [1.165, 1.54) is 7.11 Å². The minimum absolute atomic E-state index is 0.308. The van der Waals surface area contributed by atoms with Crippen LogP contribution in [0.25, 0.3) is 0 Å². The Hall–Kier alpha value is -1.19. The molecule has 0 aliphatic heterocycles. The van der Waals surface area contributed by atoms with Crippen LogP contribution in [-0.2, 0) is 9.53 Å². The van der Waals surface area contributed by atoms with Crippen LogP contribution >= 0.6 is 0 Å². The first-order valence-corrected chi connectivity index (χ1v) is 2.86. The molecule has 0 saturated heterocycles. The van der Waals surface area contributed by atoms with E-state index in [1.54, 1.807) is 14.0 Å². The van der Waals surface area contributed by atoms with Crippen molar-refractivity contribution < 1.29 is 9.53 Å². The van der Waals surface area contributed by atoms with Crippen molar-refractivity contribution in [1.29, 1.82) is 0 Å². The summed E-state index contributed by atoms with van der Waals surface area (Å²) < 4.78 is 4.43. The minimum atomic E-state index is -0.442. The second kappa shape index (κ2) is 3.76. The van der Waals surface area contributed by atoms with Gasteiger partial charge in [0.2, 0.25) is 0 Å². The Balaban J connectivity index is 4.37. The van der Waals surface area contributed by atoms with Crippen molar-refractivity contribution in [2.75, 3.05) is 14.2 Å². The number of carbonyl (C=O) groups excluding carboxylic acids is 1. The highest BCUT2D eigenvalue weighted by Gasteiger charge is 2.08. The molecule has 0 bridgehead atoms. The number of carbonyl (C=O) groups is 1. The predicted octanol–water partition coefficient (Wildman–Crippen LogP) is -0.431. The maximum Gasteiger partial charge on any atom is 0.355 e. The van der Waals surface area contributed by atoms with Gasteiger partial charge in [0, 0.05) is 12.7 Å². The Kier molecular flexibility index (Phi) is 3.32. The van der Waals surface area contributed by atoms with Gasteiger partial charge in [-0.3, -0.25) is 0 Å². The molecule has 0 spiro atoms. The topological polar surface area (TPSA) is 64.3 Å². The van der Waals surface area contributed by atoms with Gasteiger partial charge >= 0.3 is 5.97 Å². The molecule has 0 saturated carbocycles. The number of rotatable bonds is 2. The molecule has 0 aromatic heterocycles. The average molecular weight is 144 g/mol. The molecule has 0 aromatic carbocycles. The normalized spacial score (nSPS) is 11.9. The molecule has 0 heterocycles. The maximum absolute atomic E-state index is 10.8. The fraction of sp³-hybridized carbons (Fsp3) is 0.500. The average Bonchev–Trinajstić information content (AvgIpc) is 1.88.